The van der Waals surface area contributed by atoms with Crippen LogP contribution in [0.3, 0.4) is 0 Å². The molecular formula is C14H28N2O3. The highest BCUT2D eigenvalue weighted by Crippen LogP contribution is 2.12. The van der Waals surface area contributed by atoms with Gasteiger partial charge in [0.05, 0.1) is 12.7 Å². The van der Waals surface area contributed by atoms with E-state index in [1.807, 2.05) is 14.0 Å². The van der Waals surface area contributed by atoms with E-state index in [-0.39, 0.29) is 12.0 Å². The van der Waals surface area contributed by atoms with Crippen molar-refractivity contribution in [3.63, 3.8) is 0 Å². The topological polar surface area (TPSA) is 50.8 Å². The molecule has 5 heteroatoms. The Labute approximate surface area is 116 Å². The van der Waals surface area contributed by atoms with Gasteiger partial charge in [-0.2, -0.15) is 0 Å². The van der Waals surface area contributed by atoms with Crippen molar-refractivity contribution in [1.82, 2.24) is 10.2 Å². The van der Waals surface area contributed by atoms with E-state index in [4.69, 9.17) is 9.47 Å². The molecule has 1 saturated heterocycles. The highest BCUT2D eigenvalue weighted by atomic mass is 16.5. The van der Waals surface area contributed by atoms with E-state index < -0.39 is 0 Å². The van der Waals surface area contributed by atoms with E-state index in [2.05, 4.69) is 17.1 Å². The van der Waals surface area contributed by atoms with Gasteiger partial charge < -0.3 is 19.7 Å². The number of ether oxygens (including phenoxy) is 2. The largest absolute Gasteiger partial charge is 0.465 e. The molecule has 1 fully saturated rings. The SMILES string of the molecule is CCCNC(CN(C)CC1CCCO1)C(=O)OCC. The van der Waals surface area contributed by atoms with Crippen LogP contribution in [-0.2, 0) is 14.3 Å². The molecule has 5 nitrogen and oxygen atoms in total. The summed E-state index contributed by atoms with van der Waals surface area (Å²) in [5.41, 5.74) is 0. The number of nitrogens with one attached hydrogen (secondary N) is 1. The van der Waals surface area contributed by atoms with Crippen LogP contribution in [0.25, 0.3) is 0 Å². The first-order chi connectivity index (χ1) is 9.17. The number of likely N-dealkylation sites (N-methyl/N-ethyl adjacent to an activating group) is 1. The predicted octanol–water partition coefficient (Wildman–Crippen LogP) is 1.03. The smallest absolute Gasteiger partial charge is 0.324 e. The molecule has 2 atom stereocenters. The summed E-state index contributed by atoms with van der Waals surface area (Å²) in [5.74, 6) is -0.157. The molecule has 0 radical (unpaired) electrons. The van der Waals surface area contributed by atoms with Crippen LogP contribution in [0, 0.1) is 0 Å². The molecule has 0 aromatic rings. The van der Waals surface area contributed by atoms with Crippen LogP contribution in [0.2, 0.25) is 0 Å². The monoisotopic (exact) mass is 272 g/mol. The molecule has 0 aromatic heterocycles. The summed E-state index contributed by atoms with van der Waals surface area (Å²) in [4.78, 5) is 14.0. The Morgan fingerprint density at radius 2 is 2.32 bits per heavy atom. The highest BCUT2D eigenvalue weighted by molar-refractivity contribution is 5.76. The zero-order valence-corrected chi connectivity index (χ0v) is 12.5. The molecule has 2 unspecified atom stereocenters. The van der Waals surface area contributed by atoms with Crippen molar-refractivity contribution in [2.24, 2.45) is 0 Å². The first-order valence-electron chi connectivity index (χ1n) is 7.37. The first-order valence-corrected chi connectivity index (χ1v) is 7.37. The summed E-state index contributed by atoms with van der Waals surface area (Å²) in [7, 11) is 2.03. The molecule has 0 aromatic carbocycles. The number of nitrogens with zero attached hydrogens (tertiary/aromatic N) is 1. The Balaban J connectivity index is 2.37. The molecule has 0 saturated carbocycles. The summed E-state index contributed by atoms with van der Waals surface area (Å²) in [5, 5.41) is 3.25. The van der Waals surface area contributed by atoms with Gasteiger partial charge in [-0.15, -0.1) is 0 Å². The summed E-state index contributed by atoms with van der Waals surface area (Å²) < 4.78 is 10.7. The zero-order valence-electron chi connectivity index (χ0n) is 12.5. The van der Waals surface area contributed by atoms with Gasteiger partial charge in [0.2, 0.25) is 0 Å². The van der Waals surface area contributed by atoms with Gasteiger partial charge in [0.15, 0.2) is 0 Å². The fraction of sp³-hybridized carbons (Fsp3) is 0.929. The number of hydrogen-bond acceptors (Lipinski definition) is 5. The van der Waals surface area contributed by atoms with E-state index in [0.717, 1.165) is 39.0 Å². The van der Waals surface area contributed by atoms with Gasteiger partial charge in [-0.1, -0.05) is 6.92 Å². The lowest BCUT2D eigenvalue weighted by Crippen LogP contribution is -2.47. The average molecular weight is 272 g/mol. The van der Waals surface area contributed by atoms with Gasteiger partial charge >= 0.3 is 5.97 Å². The minimum absolute atomic E-state index is 0.157. The minimum atomic E-state index is -0.244. The van der Waals surface area contributed by atoms with Gasteiger partial charge in [-0.05, 0) is 39.8 Å². The molecule has 19 heavy (non-hydrogen) atoms. The number of esters is 1. The van der Waals surface area contributed by atoms with E-state index in [1.54, 1.807) is 0 Å². The third-order valence-corrected chi connectivity index (χ3v) is 3.25. The van der Waals surface area contributed by atoms with Crippen molar-refractivity contribution in [1.29, 1.82) is 0 Å². The lowest BCUT2D eigenvalue weighted by Gasteiger charge is -2.25. The highest BCUT2D eigenvalue weighted by Gasteiger charge is 2.23. The third-order valence-electron chi connectivity index (χ3n) is 3.25. The average Bonchev–Trinajstić information content (AvgIpc) is 2.87. The fourth-order valence-corrected chi connectivity index (χ4v) is 2.31. The lowest BCUT2D eigenvalue weighted by molar-refractivity contribution is -0.146. The molecule has 0 amide bonds. The lowest BCUT2D eigenvalue weighted by atomic mass is 10.2. The van der Waals surface area contributed by atoms with Crippen molar-refractivity contribution in [2.75, 3.05) is 39.9 Å². The van der Waals surface area contributed by atoms with E-state index in [1.165, 1.54) is 0 Å². The molecule has 1 heterocycles. The van der Waals surface area contributed by atoms with Crippen molar-refractivity contribution >= 4 is 5.97 Å². The summed E-state index contributed by atoms with van der Waals surface area (Å²) in [6, 6.07) is -0.244. The molecular weight excluding hydrogens is 244 g/mol. The minimum Gasteiger partial charge on any atom is -0.465 e. The van der Waals surface area contributed by atoms with Crippen molar-refractivity contribution in [2.45, 2.75) is 45.3 Å². The molecule has 1 N–H and O–H groups in total. The van der Waals surface area contributed by atoms with Crippen molar-refractivity contribution < 1.29 is 14.3 Å². The maximum atomic E-state index is 11.9. The van der Waals surface area contributed by atoms with Gasteiger partial charge in [0, 0.05) is 19.7 Å². The predicted molar refractivity (Wildman–Crippen MR) is 75.2 cm³/mol. The standard InChI is InChI=1S/C14H28N2O3/c1-4-8-15-13(14(17)18-5-2)11-16(3)10-12-7-6-9-19-12/h12-13,15H,4-11H2,1-3H3. The second kappa shape index (κ2) is 9.28. The fourth-order valence-electron chi connectivity index (χ4n) is 2.31. The summed E-state index contributed by atoms with van der Waals surface area (Å²) >= 11 is 0. The molecule has 1 aliphatic rings. The Morgan fingerprint density at radius 3 is 2.89 bits per heavy atom. The Hall–Kier alpha value is -0.650. The van der Waals surface area contributed by atoms with Gasteiger partial charge in [-0.25, -0.2) is 0 Å². The quantitative estimate of drug-likeness (QED) is 0.635. The molecule has 0 aliphatic carbocycles. The summed E-state index contributed by atoms with van der Waals surface area (Å²) in [6.45, 7) is 7.60. The van der Waals surface area contributed by atoms with Crippen LogP contribution in [0.15, 0.2) is 0 Å². The molecule has 1 aliphatic heterocycles. The van der Waals surface area contributed by atoms with Crippen molar-refractivity contribution in [3.05, 3.63) is 0 Å². The van der Waals surface area contributed by atoms with Crippen LogP contribution >= 0.6 is 0 Å². The van der Waals surface area contributed by atoms with Crippen LogP contribution in [0.5, 0.6) is 0 Å². The Bertz CT molecular complexity index is 255. The molecule has 0 bridgehead atoms. The van der Waals surface area contributed by atoms with Crippen LogP contribution in [-0.4, -0.2) is 62.9 Å². The second-order valence-electron chi connectivity index (χ2n) is 5.11. The van der Waals surface area contributed by atoms with Gasteiger partial charge in [0.25, 0.3) is 0 Å². The van der Waals surface area contributed by atoms with Gasteiger partial charge in [-0.3, -0.25) is 4.79 Å². The summed E-state index contributed by atoms with van der Waals surface area (Å²) in [6.07, 6.45) is 3.59. The molecule has 1 rings (SSSR count). The third kappa shape index (κ3) is 6.36. The second-order valence-corrected chi connectivity index (χ2v) is 5.11. The number of carbonyl (C=O) groups excluding carboxylic acids is 1. The number of hydrogen-bond donors (Lipinski definition) is 1. The molecule has 112 valence electrons. The Kier molecular flexibility index (Phi) is 8.02. The maximum absolute atomic E-state index is 11.9. The van der Waals surface area contributed by atoms with Crippen molar-refractivity contribution in [3.8, 4) is 0 Å². The van der Waals surface area contributed by atoms with Crippen LogP contribution in [0.4, 0.5) is 0 Å². The number of carbonyl (C=O) groups is 1. The maximum Gasteiger partial charge on any atom is 0.324 e. The first kappa shape index (κ1) is 16.4. The van der Waals surface area contributed by atoms with E-state index >= 15 is 0 Å². The number of rotatable bonds is 9. The van der Waals surface area contributed by atoms with Crippen LogP contribution in [0.1, 0.15) is 33.1 Å². The normalized spacial score (nSPS) is 20.7. The Morgan fingerprint density at radius 1 is 1.53 bits per heavy atom. The van der Waals surface area contributed by atoms with Gasteiger partial charge in [0.1, 0.15) is 6.04 Å². The van der Waals surface area contributed by atoms with E-state index in [0.29, 0.717) is 19.3 Å². The molecule has 0 spiro atoms. The van der Waals surface area contributed by atoms with E-state index in [9.17, 15) is 4.79 Å². The zero-order chi connectivity index (χ0) is 14.1. The van der Waals surface area contributed by atoms with Crippen LogP contribution < -0.4 is 5.32 Å².